The summed E-state index contributed by atoms with van der Waals surface area (Å²) in [5.41, 5.74) is 0.901. The van der Waals surface area contributed by atoms with Gasteiger partial charge in [0.1, 0.15) is 11.5 Å². The standard InChI is InChI=1S/C21H19N3O6/c1-4-28-16-7-5-6-12-10-17(29-18(12)16)20-23-24-21(30-20)22-19(25)13-8-14(26-2)11-15(9-13)27-3/h5-11H,4H2,1-3H3,(H,22,24,25). The summed E-state index contributed by atoms with van der Waals surface area (Å²) in [6.07, 6.45) is 0. The molecule has 30 heavy (non-hydrogen) atoms. The minimum absolute atomic E-state index is 0.0673. The van der Waals surface area contributed by atoms with Crippen molar-refractivity contribution < 1.29 is 27.8 Å². The number of anilines is 1. The number of carbonyl (C=O) groups is 1. The minimum Gasteiger partial charge on any atom is -0.497 e. The highest BCUT2D eigenvalue weighted by Crippen LogP contribution is 2.33. The zero-order valence-corrected chi connectivity index (χ0v) is 16.6. The van der Waals surface area contributed by atoms with Crippen molar-refractivity contribution in [1.82, 2.24) is 10.2 Å². The summed E-state index contributed by atoms with van der Waals surface area (Å²) in [5, 5.41) is 11.2. The highest BCUT2D eigenvalue weighted by atomic mass is 16.5. The van der Waals surface area contributed by atoms with Gasteiger partial charge in [-0.25, -0.2) is 0 Å². The third-order valence-electron chi connectivity index (χ3n) is 4.28. The van der Waals surface area contributed by atoms with Gasteiger partial charge in [0.2, 0.25) is 0 Å². The van der Waals surface area contributed by atoms with E-state index in [9.17, 15) is 4.79 Å². The highest BCUT2D eigenvalue weighted by molar-refractivity contribution is 6.03. The van der Waals surface area contributed by atoms with Crippen LogP contribution in [0, 0.1) is 0 Å². The van der Waals surface area contributed by atoms with Crippen molar-refractivity contribution in [2.45, 2.75) is 6.92 Å². The van der Waals surface area contributed by atoms with E-state index in [-0.39, 0.29) is 11.9 Å². The maximum atomic E-state index is 12.6. The number of nitrogens with one attached hydrogen (secondary N) is 1. The lowest BCUT2D eigenvalue weighted by Crippen LogP contribution is -2.12. The molecule has 2 aromatic carbocycles. The Kier molecular flexibility index (Phi) is 5.25. The number of para-hydroxylation sites is 1. The predicted molar refractivity (Wildman–Crippen MR) is 108 cm³/mol. The van der Waals surface area contributed by atoms with E-state index in [0.29, 0.717) is 40.8 Å². The highest BCUT2D eigenvalue weighted by Gasteiger charge is 2.18. The first-order valence-electron chi connectivity index (χ1n) is 9.15. The minimum atomic E-state index is -0.453. The third kappa shape index (κ3) is 3.77. The van der Waals surface area contributed by atoms with Crippen LogP contribution in [0.2, 0.25) is 0 Å². The molecule has 1 N–H and O–H groups in total. The Bertz CT molecular complexity index is 1170. The molecule has 0 saturated heterocycles. The number of rotatable bonds is 7. The van der Waals surface area contributed by atoms with Crippen molar-refractivity contribution in [1.29, 1.82) is 0 Å². The van der Waals surface area contributed by atoms with Gasteiger partial charge in [0.25, 0.3) is 11.8 Å². The molecule has 0 aliphatic carbocycles. The average molecular weight is 409 g/mol. The quantitative estimate of drug-likeness (QED) is 0.485. The summed E-state index contributed by atoms with van der Waals surface area (Å²) in [5.74, 6) is 1.64. The number of ether oxygens (including phenoxy) is 3. The monoisotopic (exact) mass is 409 g/mol. The Labute approximate surface area is 171 Å². The summed E-state index contributed by atoms with van der Waals surface area (Å²) in [7, 11) is 3.01. The van der Waals surface area contributed by atoms with Crippen molar-refractivity contribution in [3.8, 4) is 28.9 Å². The normalized spacial score (nSPS) is 10.8. The van der Waals surface area contributed by atoms with Gasteiger partial charge in [-0.3, -0.25) is 10.1 Å². The van der Waals surface area contributed by atoms with Gasteiger partial charge in [0.15, 0.2) is 17.1 Å². The molecule has 4 rings (SSSR count). The van der Waals surface area contributed by atoms with Crippen LogP contribution in [0.25, 0.3) is 22.6 Å². The smallest absolute Gasteiger partial charge is 0.322 e. The number of nitrogens with zero attached hydrogens (tertiary/aromatic N) is 2. The number of hydrogen-bond acceptors (Lipinski definition) is 8. The van der Waals surface area contributed by atoms with E-state index in [1.165, 1.54) is 14.2 Å². The molecule has 0 radical (unpaired) electrons. The summed E-state index contributed by atoms with van der Waals surface area (Å²) in [6.45, 7) is 2.41. The lowest BCUT2D eigenvalue weighted by atomic mass is 10.2. The van der Waals surface area contributed by atoms with Crippen molar-refractivity contribution in [3.05, 3.63) is 48.0 Å². The van der Waals surface area contributed by atoms with Gasteiger partial charge in [0, 0.05) is 17.0 Å². The van der Waals surface area contributed by atoms with E-state index in [1.807, 2.05) is 25.1 Å². The van der Waals surface area contributed by atoms with Gasteiger partial charge in [-0.2, -0.15) is 0 Å². The van der Waals surface area contributed by atoms with Crippen LogP contribution < -0.4 is 19.5 Å². The van der Waals surface area contributed by atoms with Crippen molar-refractivity contribution in [2.24, 2.45) is 0 Å². The summed E-state index contributed by atoms with van der Waals surface area (Å²) >= 11 is 0. The molecule has 2 aromatic heterocycles. The van der Waals surface area contributed by atoms with E-state index in [0.717, 1.165) is 5.39 Å². The number of carbonyl (C=O) groups excluding carboxylic acids is 1. The Morgan fingerprint density at radius 2 is 1.80 bits per heavy atom. The van der Waals surface area contributed by atoms with Crippen LogP contribution in [0.1, 0.15) is 17.3 Å². The maximum absolute atomic E-state index is 12.6. The fourth-order valence-electron chi connectivity index (χ4n) is 2.89. The molecule has 4 aromatic rings. The lowest BCUT2D eigenvalue weighted by molar-refractivity contribution is 0.102. The van der Waals surface area contributed by atoms with Crippen LogP contribution in [0.5, 0.6) is 17.2 Å². The molecule has 0 atom stereocenters. The van der Waals surface area contributed by atoms with E-state index in [1.54, 1.807) is 24.3 Å². The van der Waals surface area contributed by atoms with Gasteiger partial charge < -0.3 is 23.0 Å². The lowest BCUT2D eigenvalue weighted by Gasteiger charge is -2.07. The number of amides is 1. The molecule has 0 aliphatic rings. The van der Waals surface area contributed by atoms with E-state index < -0.39 is 5.91 Å². The number of fused-ring (bicyclic) bond motifs is 1. The number of furan rings is 1. The molecule has 0 unspecified atom stereocenters. The molecular weight excluding hydrogens is 390 g/mol. The Morgan fingerprint density at radius 3 is 2.50 bits per heavy atom. The van der Waals surface area contributed by atoms with E-state index in [2.05, 4.69) is 15.5 Å². The predicted octanol–water partition coefficient (Wildman–Crippen LogP) is 4.15. The van der Waals surface area contributed by atoms with Gasteiger partial charge in [-0.15, -0.1) is 5.10 Å². The molecule has 9 nitrogen and oxygen atoms in total. The summed E-state index contributed by atoms with van der Waals surface area (Å²) in [4.78, 5) is 12.6. The molecule has 154 valence electrons. The fraction of sp³-hybridized carbons (Fsp3) is 0.190. The van der Waals surface area contributed by atoms with Crippen LogP contribution in [-0.4, -0.2) is 36.9 Å². The summed E-state index contributed by atoms with van der Waals surface area (Å²) < 4.78 is 27.3. The SMILES string of the molecule is CCOc1cccc2cc(-c3nnc(NC(=O)c4cc(OC)cc(OC)c4)o3)oc12. The number of hydrogen-bond donors (Lipinski definition) is 1. The maximum Gasteiger partial charge on any atom is 0.322 e. The third-order valence-corrected chi connectivity index (χ3v) is 4.28. The second-order valence-electron chi connectivity index (χ2n) is 6.19. The molecule has 9 heteroatoms. The molecule has 0 spiro atoms. The Balaban J connectivity index is 1.57. The van der Waals surface area contributed by atoms with Crippen LogP contribution in [0.4, 0.5) is 6.01 Å². The fourth-order valence-corrected chi connectivity index (χ4v) is 2.89. The molecule has 0 fully saturated rings. The Morgan fingerprint density at radius 1 is 1.03 bits per heavy atom. The molecule has 0 saturated carbocycles. The second-order valence-corrected chi connectivity index (χ2v) is 6.19. The zero-order valence-electron chi connectivity index (χ0n) is 16.6. The van der Waals surface area contributed by atoms with Crippen molar-refractivity contribution in [3.63, 3.8) is 0 Å². The first-order chi connectivity index (χ1) is 14.6. The largest absolute Gasteiger partial charge is 0.497 e. The van der Waals surface area contributed by atoms with Crippen LogP contribution >= 0.6 is 0 Å². The molecular formula is C21H19N3O6. The summed E-state index contributed by atoms with van der Waals surface area (Å²) in [6, 6.07) is 12.1. The molecule has 1 amide bonds. The van der Waals surface area contributed by atoms with Gasteiger partial charge in [0.05, 0.1) is 20.8 Å². The van der Waals surface area contributed by atoms with E-state index in [4.69, 9.17) is 23.0 Å². The van der Waals surface area contributed by atoms with E-state index >= 15 is 0 Å². The van der Waals surface area contributed by atoms with Gasteiger partial charge in [-0.05, 0) is 31.2 Å². The number of aromatic nitrogens is 2. The zero-order chi connectivity index (χ0) is 21.1. The molecule has 0 bridgehead atoms. The van der Waals surface area contributed by atoms with Crippen LogP contribution in [0.3, 0.4) is 0 Å². The average Bonchev–Trinajstić information content (AvgIpc) is 3.41. The first kappa shape index (κ1) is 19.3. The van der Waals surface area contributed by atoms with Crippen molar-refractivity contribution >= 4 is 22.9 Å². The van der Waals surface area contributed by atoms with Crippen molar-refractivity contribution in [2.75, 3.05) is 26.1 Å². The molecule has 2 heterocycles. The van der Waals surface area contributed by atoms with Crippen LogP contribution in [0.15, 0.2) is 51.3 Å². The van der Waals surface area contributed by atoms with Gasteiger partial charge >= 0.3 is 6.01 Å². The molecule has 0 aliphatic heterocycles. The first-order valence-corrected chi connectivity index (χ1v) is 9.15. The number of methoxy groups -OCH3 is 2. The second kappa shape index (κ2) is 8.16. The Hall–Kier alpha value is -4.01. The number of benzene rings is 2. The topological polar surface area (TPSA) is 109 Å². The van der Waals surface area contributed by atoms with Crippen LogP contribution in [-0.2, 0) is 0 Å². The van der Waals surface area contributed by atoms with Gasteiger partial charge in [-0.1, -0.05) is 17.2 Å².